The van der Waals surface area contributed by atoms with Gasteiger partial charge in [-0.2, -0.15) is 5.10 Å². The first-order valence-electron chi connectivity index (χ1n) is 9.20. The minimum absolute atomic E-state index is 0.590. The monoisotopic (exact) mass is 410 g/mol. The summed E-state index contributed by atoms with van der Waals surface area (Å²) < 4.78 is 0. The molecule has 4 N–H and O–H groups in total. The first kappa shape index (κ1) is 16.8. The molecule has 0 bridgehead atoms. The van der Waals surface area contributed by atoms with E-state index < -0.39 is 0 Å². The highest BCUT2D eigenvalue weighted by atomic mass is 32.1. The number of rotatable bonds is 3. The number of pyridine rings is 3. The average molecular weight is 410 g/mol. The van der Waals surface area contributed by atoms with E-state index in [1.807, 2.05) is 35.7 Å². The van der Waals surface area contributed by atoms with Gasteiger partial charge in [0.2, 0.25) is 0 Å². The molecule has 0 radical (unpaired) electrons. The largest absolute Gasteiger partial charge is 0.397 e. The molecule has 0 atom stereocenters. The number of nitrogen functional groups attached to an aromatic ring is 1. The predicted molar refractivity (Wildman–Crippen MR) is 118 cm³/mol. The van der Waals surface area contributed by atoms with E-state index in [9.17, 15) is 0 Å². The molecule has 9 heteroatoms. The normalized spacial score (nSPS) is 11.5. The summed E-state index contributed by atoms with van der Waals surface area (Å²) in [5.74, 6) is 0.671. The van der Waals surface area contributed by atoms with E-state index in [2.05, 4.69) is 30.1 Å². The highest BCUT2D eigenvalue weighted by Crippen LogP contribution is 2.32. The van der Waals surface area contributed by atoms with Crippen molar-refractivity contribution in [3.63, 3.8) is 0 Å². The lowest BCUT2D eigenvalue weighted by Crippen LogP contribution is -1.90. The summed E-state index contributed by atoms with van der Waals surface area (Å²) in [7, 11) is 0. The number of thiophene rings is 1. The molecule has 0 amide bonds. The van der Waals surface area contributed by atoms with Gasteiger partial charge in [-0.25, -0.2) is 4.98 Å². The number of anilines is 1. The smallest absolute Gasteiger partial charge is 0.159 e. The zero-order valence-electron chi connectivity index (χ0n) is 15.5. The van der Waals surface area contributed by atoms with Crippen molar-refractivity contribution in [3.05, 3.63) is 60.5 Å². The highest BCUT2D eigenvalue weighted by molar-refractivity contribution is 7.13. The number of H-pyrrole nitrogens is 2. The summed E-state index contributed by atoms with van der Waals surface area (Å²) in [5, 5.41) is 10.5. The van der Waals surface area contributed by atoms with Crippen molar-refractivity contribution >= 4 is 39.0 Å². The molecular formula is C21H14N8S. The third kappa shape index (κ3) is 2.64. The fourth-order valence-electron chi connectivity index (χ4n) is 3.49. The van der Waals surface area contributed by atoms with Crippen LogP contribution in [0.3, 0.4) is 0 Å². The Labute approximate surface area is 173 Å². The van der Waals surface area contributed by atoms with Crippen LogP contribution in [0.1, 0.15) is 0 Å². The third-order valence-electron chi connectivity index (χ3n) is 4.88. The number of aromatic amines is 2. The summed E-state index contributed by atoms with van der Waals surface area (Å²) in [6, 6.07) is 9.79. The summed E-state index contributed by atoms with van der Waals surface area (Å²) in [6.45, 7) is 0. The molecule has 6 heterocycles. The minimum atomic E-state index is 0.590. The SMILES string of the molecule is Nc1cncc(-c2cc3c(-c4nc5c(-c6cccs6)nccc5[nH]4)n[nH]c3cn2)c1. The van der Waals surface area contributed by atoms with Crippen LogP contribution in [0, 0.1) is 0 Å². The highest BCUT2D eigenvalue weighted by Gasteiger charge is 2.17. The predicted octanol–water partition coefficient (Wildman–Crippen LogP) is 4.27. The first-order chi connectivity index (χ1) is 14.8. The standard InChI is InChI=1S/C21H14N8S/c22-12-6-11(8-23-9-12)15-7-13-16(10-25-15)28-29-18(13)21-26-14-3-4-24-20(19(14)27-21)17-2-1-5-30-17/h1-10H,22H2,(H,26,27)(H,28,29). The zero-order chi connectivity index (χ0) is 20.1. The lowest BCUT2D eigenvalue weighted by atomic mass is 10.1. The minimum Gasteiger partial charge on any atom is -0.397 e. The molecule has 30 heavy (non-hydrogen) atoms. The summed E-state index contributed by atoms with van der Waals surface area (Å²) in [6.07, 6.45) is 6.89. The Hall–Kier alpha value is -4.11. The summed E-state index contributed by atoms with van der Waals surface area (Å²) >= 11 is 1.64. The van der Waals surface area contributed by atoms with Crippen LogP contribution in [-0.4, -0.2) is 35.1 Å². The van der Waals surface area contributed by atoms with Gasteiger partial charge in [0, 0.05) is 29.5 Å². The van der Waals surface area contributed by atoms with Gasteiger partial charge in [0.15, 0.2) is 5.82 Å². The van der Waals surface area contributed by atoms with Crippen LogP contribution < -0.4 is 5.73 Å². The van der Waals surface area contributed by atoms with E-state index in [0.29, 0.717) is 11.5 Å². The summed E-state index contributed by atoms with van der Waals surface area (Å²) in [5.41, 5.74) is 12.2. The molecule has 0 aliphatic rings. The van der Waals surface area contributed by atoms with Gasteiger partial charge in [-0.05, 0) is 29.6 Å². The number of hydrogen-bond donors (Lipinski definition) is 3. The van der Waals surface area contributed by atoms with Gasteiger partial charge in [-0.3, -0.25) is 20.1 Å². The van der Waals surface area contributed by atoms with Crippen molar-refractivity contribution in [1.29, 1.82) is 0 Å². The molecule has 6 rings (SSSR count). The molecule has 0 spiro atoms. The Morgan fingerprint density at radius 2 is 1.93 bits per heavy atom. The lowest BCUT2D eigenvalue weighted by Gasteiger charge is -2.02. The number of fused-ring (bicyclic) bond motifs is 2. The number of imidazole rings is 1. The van der Waals surface area contributed by atoms with E-state index in [1.54, 1.807) is 36.1 Å². The molecule has 8 nitrogen and oxygen atoms in total. The van der Waals surface area contributed by atoms with E-state index in [0.717, 1.165) is 49.5 Å². The van der Waals surface area contributed by atoms with Crippen molar-refractivity contribution in [2.24, 2.45) is 0 Å². The fourth-order valence-corrected chi connectivity index (χ4v) is 4.22. The van der Waals surface area contributed by atoms with Gasteiger partial charge in [0.25, 0.3) is 0 Å². The number of aromatic nitrogens is 7. The van der Waals surface area contributed by atoms with Crippen molar-refractivity contribution in [2.75, 3.05) is 5.73 Å². The Morgan fingerprint density at radius 1 is 0.967 bits per heavy atom. The van der Waals surface area contributed by atoms with Crippen molar-refractivity contribution in [3.8, 4) is 33.3 Å². The van der Waals surface area contributed by atoms with E-state index >= 15 is 0 Å². The summed E-state index contributed by atoms with van der Waals surface area (Å²) in [4.78, 5) is 22.5. The molecule has 0 aliphatic heterocycles. The van der Waals surface area contributed by atoms with Gasteiger partial charge in [0.05, 0.1) is 33.5 Å². The zero-order valence-corrected chi connectivity index (χ0v) is 16.3. The van der Waals surface area contributed by atoms with Gasteiger partial charge < -0.3 is 10.7 Å². The molecule has 0 aliphatic carbocycles. The number of nitrogens with one attached hydrogen (secondary N) is 2. The van der Waals surface area contributed by atoms with Crippen LogP contribution in [0.2, 0.25) is 0 Å². The molecule has 0 fully saturated rings. The molecule has 144 valence electrons. The van der Waals surface area contributed by atoms with Gasteiger partial charge in [0.1, 0.15) is 16.9 Å². The maximum atomic E-state index is 5.88. The van der Waals surface area contributed by atoms with Crippen molar-refractivity contribution < 1.29 is 0 Å². The van der Waals surface area contributed by atoms with Crippen LogP contribution in [0.25, 0.3) is 55.3 Å². The number of nitrogens with two attached hydrogens (primary N) is 1. The first-order valence-corrected chi connectivity index (χ1v) is 10.1. The Balaban J connectivity index is 1.52. The van der Waals surface area contributed by atoms with Crippen molar-refractivity contribution in [2.45, 2.75) is 0 Å². The second-order valence-electron chi connectivity index (χ2n) is 6.81. The van der Waals surface area contributed by atoms with E-state index in [-0.39, 0.29) is 0 Å². The number of hydrogen-bond acceptors (Lipinski definition) is 7. The van der Waals surface area contributed by atoms with Crippen LogP contribution in [0.4, 0.5) is 5.69 Å². The Kier molecular flexibility index (Phi) is 3.62. The Bertz CT molecular complexity index is 1510. The molecule has 0 saturated heterocycles. The van der Waals surface area contributed by atoms with Crippen LogP contribution in [-0.2, 0) is 0 Å². The molecule has 6 aromatic heterocycles. The molecular weight excluding hydrogens is 396 g/mol. The fraction of sp³-hybridized carbons (Fsp3) is 0. The average Bonchev–Trinajstić information content (AvgIpc) is 3.51. The second-order valence-corrected chi connectivity index (χ2v) is 7.76. The third-order valence-corrected chi connectivity index (χ3v) is 5.76. The van der Waals surface area contributed by atoms with Gasteiger partial charge in [-0.15, -0.1) is 11.3 Å². The second kappa shape index (κ2) is 6.46. The van der Waals surface area contributed by atoms with Crippen LogP contribution in [0.15, 0.2) is 60.5 Å². The molecule has 0 aromatic carbocycles. The van der Waals surface area contributed by atoms with Gasteiger partial charge >= 0.3 is 0 Å². The topological polar surface area (TPSA) is 122 Å². The number of nitrogens with zero attached hydrogens (tertiary/aromatic N) is 5. The van der Waals surface area contributed by atoms with E-state index in [1.165, 1.54) is 0 Å². The maximum Gasteiger partial charge on any atom is 0.159 e. The van der Waals surface area contributed by atoms with Crippen molar-refractivity contribution in [1.82, 2.24) is 35.1 Å². The maximum absolute atomic E-state index is 5.88. The van der Waals surface area contributed by atoms with Crippen LogP contribution >= 0.6 is 11.3 Å². The molecule has 6 aromatic rings. The van der Waals surface area contributed by atoms with E-state index in [4.69, 9.17) is 10.7 Å². The quantitative estimate of drug-likeness (QED) is 0.400. The Morgan fingerprint density at radius 3 is 2.80 bits per heavy atom. The van der Waals surface area contributed by atoms with Crippen LogP contribution in [0.5, 0.6) is 0 Å². The molecule has 0 saturated carbocycles. The molecule has 0 unspecified atom stereocenters. The lowest BCUT2D eigenvalue weighted by molar-refractivity contribution is 1.10. The van der Waals surface area contributed by atoms with Gasteiger partial charge in [-0.1, -0.05) is 6.07 Å².